The molecule has 0 saturated carbocycles. The van der Waals surface area contributed by atoms with Gasteiger partial charge in [-0.1, -0.05) is 0 Å². The van der Waals surface area contributed by atoms with E-state index in [4.69, 9.17) is 0 Å². The number of carbonyl (C=O) groups excluding carboxylic acids is 1. The number of amides is 1. The predicted molar refractivity (Wildman–Crippen MR) is 86.1 cm³/mol. The maximum Gasteiger partial charge on any atom is 0.283 e. The van der Waals surface area contributed by atoms with Crippen LogP contribution < -0.4 is 5.32 Å². The van der Waals surface area contributed by atoms with Crippen LogP contribution in [0.15, 0.2) is 22.7 Å². The largest absolute Gasteiger partial charge is 0.324 e. The fraction of sp³-hybridized carbons (Fsp3) is 0.286. The van der Waals surface area contributed by atoms with E-state index < -0.39 is 22.9 Å². The van der Waals surface area contributed by atoms with E-state index in [1.807, 2.05) is 0 Å². The van der Waals surface area contributed by atoms with Crippen molar-refractivity contribution in [2.45, 2.75) is 26.8 Å². The van der Waals surface area contributed by atoms with E-state index in [-0.39, 0.29) is 16.7 Å². The number of carbonyl (C=O) groups is 1. The molecule has 10 heteroatoms. The molecule has 0 aliphatic rings. The fourth-order valence-corrected chi connectivity index (χ4v) is 2.53. The third-order valence-corrected chi connectivity index (χ3v) is 4.33. The molecule has 1 heterocycles. The lowest BCUT2D eigenvalue weighted by molar-refractivity contribution is -0.384. The molecule has 0 aliphatic carbocycles. The number of hydrogen-bond donors (Lipinski definition) is 1. The summed E-state index contributed by atoms with van der Waals surface area (Å²) in [7, 11) is 0. The number of anilines is 1. The average molecular weight is 403 g/mol. The first kappa shape index (κ1) is 18.0. The Morgan fingerprint density at radius 3 is 2.62 bits per heavy atom. The van der Waals surface area contributed by atoms with Crippen LogP contribution in [0.2, 0.25) is 0 Å². The van der Waals surface area contributed by atoms with Gasteiger partial charge in [-0.25, -0.2) is 8.78 Å². The maximum absolute atomic E-state index is 12.8. The molecule has 0 spiro atoms. The normalized spacial score (nSPS) is 10.9. The molecular weight excluding hydrogens is 390 g/mol. The highest BCUT2D eigenvalue weighted by atomic mass is 79.9. The van der Waals surface area contributed by atoms with Crippen LogP contribution >= 0.6 is 15.9 Å². The number of benzene rings is 1. The molecule has 0 aliphatic heterocycles. The van der Waals surface area contributed by atoms with E-state index in [9.17, 15) is 23.7 Å². The molecule has 0 radical (unpaired) electrons. The van der Waals surface area contributed by atoms with Crippen LogP contribution in [0.3, 0.4) is 0 Å². The summed E-state index contributed by atoms with van der Waals surface area (Å²) >= 11 is 3.03. The van der Waals surface area contributed by atoms with Gasteiger partial charge < -0.3 is 5.32 Å². The number of alkyl halides is 2. The van der Waals surface area contributed by atoms with E-state index in [1.165, 1.54) is 22.9 Å². The summed E-state index contributed by atoms with van der Waals surface area (Å²) in [5, 5.41) is 17.0. The van der Waals surface area contributed by atoms with Gasteiger partial charge in [-0.15, -0.1) is 0 Å². The molecule has 0 atom stereocenters. The van der Waals surface area contributed by atoms with Gasteiger partial charge in [0, 0.05) is 17.8 Å². The van der Waals surface area contributed by atoms with Gasteiger partial charge in [0.25, 0.3) is 12.1 Å². The number of hydrogen-bond acceptors (Lipinski definition) is 4. The van der Waals surface area contributed by atoms with Gasteiger partial charge in [-0.2, -0.15) is 5.10 Å². The van der Waals surface area contributed by atoms with Gasteiger partial charge in [0.05, 0.1) is 15.1 Å². The summed E-state index contributed by atoms with van der Waals surface area (Å²) in [6, 6.07) is 4.02. The van der Waals surface area contributed by atoms with Gasteiger partial charge >= 0.3 is 0 Å². The third-order valence-electron chi connectivity index (χ3n) is 3.35. The van der Waals surface area contributed by atoms with Crippen LogP contribution in [0.4, 0.5) is 20.2 Å². The molecule has 1 N–H and O–H groups in total. The Morgan fingerprint density at radius 2 is 2.12 bits per heavy atom. The minimum atomic E-state index is -2.75. The first-order chi connectivity index (χ1) is 11.2. The van der Waals surface area contributed by atoms with Crippen molar-refractivity contribution < 1.29 is 18.5 Å². The van der Waals surface area contributed by atoms with E-state index >= 15 is 0 Å². The van der Waals surface area contributed by atoms with Crippen molar-refractivity contribution in [1.29, 1.82) is 0 Å². The van der Waals surface area contributed by atoms with E-state index in [2.05, 4.69) is 26.3 Å². The number of nitro groups is 1. The molecular formula is C14H13BrF2N4O3. The van der Waals surface area contributed by atoms with Gasteiger partial charge in [0.1, 0.15) is 12.2 Å². The molecule has 2 aromatic rings. The number of non-ortho nitro benzene ring substituents is 1. The molecule has 0 unspecified atom stereocenters. The second-order valence-corrected chi connectivity index (χ2v) is 5.84. The van der Waals surface area contributed by atoms with Crippen molar-refractivity contribution in [3.8, 4) is 0 Å². The Bertz CT molecular complexity index is 808. The van der Waals surface area contributed by atoms with E-state index in [1.54, 1.807) is 13.8 Å². The number of aryl methyl sites for hydroxylation is 1. The van der Waals surface area contributed by atoms with Crippen molar-refractivity contribution in [2.24, 2.45) is 0 Å². The van der Waals surface area contributed by atoms with Crippen molar-refractivity contribution >= 4 is 33.2 Å². The quantitative estimate of drug-likeness (QED) is 0.608. The Hall–Kier alpha value is -2.36. The van der Waals surface area contributed by atoms with Gasteiger partial charge in [-0.3, -0.25) is 19.6 Å². The molecule has 1 aromatic carbocycles. The van der Waals surface area contributed by atoms with Gasteiger partial charge in [-0.05, 0) is 41.4 Å². The average Bonchev–Trinajstić information content (AvgIpc) is 2.77. The summed E-state index contributed by atoms with van der Waals surface area (Å²) < 4.78 is 26.9. The minimum Gasteiger partial charge on any atom is -0.324 e. The lowest BCUT2D eigenvalue weighted by Gasteiger charge is -2.09. The molecule has 24 heavy (non-hydrogen) atoms. The Labute approximate surface area is 143 Å². The number of aromatic nitrogens is 2. The molecule has 1 amide bonds. The zero-order chi connectivity index (χ0) is 18.0. The smallest absolute Gasteiger partial charge is 0.283 e. The number of nitrogens with one attached hydrogen (secondary N) is 1. The van der Waals surface area contributed by atoms with Crippen LogP contribution in [0.5, 0.6) is 0 Å². The fourth-order valence-electron chi connectivity index (χ4n) is 2.07. The number of nitrogens with zero attached hydrogens (tertiary/aromatic N) is 3. The van der Waals surface area contributed by atoms with Crippen LogP contribution in [0.1, 0.15) is 23.4 Å². The summed E-state index contributed by atoms with van der Waals surface area (Å²) in [6.45, 7) is 2.92. The van der Waals surface area contributed by atoms with Crippen molar-refractivity contribution in [3.63, 3.8) is 0 Å². The minimum absolute atomic E-state index is 0.0843. The molecule has 0 fully saturated rings. The molecule has 1 aromatic heterocycles. The molecule has 0 bridgehead atoms. The lowest BCUT2D eigenvalue weighted by atomic mass is 10.2. The summed E-state index contributed by atoms with van der Waals surface area (Å²) in [4.78, 5) is 22.2. The molecule has 7 nitrogen and oxygen atoms in total. The SMILES string of the molecule is Cc1cc([N+](=O)[O-])ccc1NC(=O)Cn1nc(C(F)F)c(Br)c1C. The van der Waals surface area contributed by atoms with Crippen molar-refractivity contribution in [3.05, 3.63) is 49.7 Å². The summed E-state index contributed by atoms with van der Waals surface area (Å²) in [5.74, 6) is -0.481. The highest BCUT2D eigenvalue weighted by Crippen LogP contribution is 2.29. The predicted octanol–water partition coefficient (Wildman–Crippen LogP) is 3.75. The Morgan fingerprint density at radius 1 is 1.46 bits per heavy atom. The summed E-state index contributed by atoms with van der Waals surface area (Å²) in [5.41, 5.74) is 0.819. The topological polar surface area (TPSA) is 90.1 Å². The lowest BCUT2D eigenvalue weighted by Crippen LogP contribution is -2.20. The molecule has 0 saturated heterocycles. The maximum atomic E-state index is 12.8. The monoisotopic (exact) mass is 402 g/mol. The second kappa shape index (κ2) is 7.04. The molecule has 2 rings (SSSR count). The highest BCUT2D eigenvalue weighted by Gasteiger charge is 2.21. The van der Waals surface area contributed by atoms with Crippen LogP contribution in [0, 0.1) is 24.0 Å². The van der Waals surface area contributed by atoms with Crippen LogP contribution in [-0.2, 0) is 11.3 Å². The first-order valence-corrected chi connectivity index (χ1v) is 7.55. The van der Waals surface area contributed by atoms with Gasteiger partial charge in [0.15, 0.2) is 0 Å². The van der Waals surface area contributed by atoms with Gasteiger partial charge in [0.2, 0.25) is 5.91 Å². The van der Waals surface area contributed by atoms with E-state index in [0.717, 1.165) is 0 Å². The zero-order valence-electron chi connectivity index (χ0n) is 12.7. The number of halogens is 3. The number of nitro benzene ring substituents is 1. The third kappa shape index (κ3) is 3.75. The second-order valence-electron chi connectivity index (χ2n) is 5.05. The summed E-state index contributed by atoms with van der Waals surface area (Å²) in [6.07, 6.45) is -2.75. The Balaban J connectivity index is 2.14. The van der Waals surface area contributed by atoms with Crippen molar-refractivity contribution in [2.75, 3.05) is 5.32 Å². The standard InChI is InChI=1S/C14H13BrF2N4O3/c1-7-5-9(21(23)24)3-4-10(7)18-11(22)6-20-8(2)12(15)13(19-20)14(16)17/h3-5,14H,6H2,1-2H3,(H,18,22). The number of rotatable bonds is 5. The first-order valence-electron chi connectivity index (χ1n) is 6.76. The highest BCUT2D eigenvalue weighted by molar-refractivity contribution is 9.10. The molecule has 128 valence electrons. The zero-order valence-corrected chi connectivity index (χ0v) is 14.3. The van der Waals surface area contributed by atoms with Crippen LogP contribution in [0.25, 0.3) is 0 Å². The Kier molecular flexibility index (Phi) is 5.27. The van der Waals surface area contributed by atoms with E-state index in [0.29, 0.717) is 16.9 Å². The van der Waals surface area contributed by atoms with Crippen LogP contribution in [-0.4, -0.2) is 20.6 Å². The van der Waals surface area contributed by atoms with Crippen molar-refractivity contribution in [1.82, 2.24) is 9.78 Å².